The van der Waals surface area contributed by atoms with E-state index in [1.807, 2.05) is 0 Å². The molecule has 1 aromatic heterocycles. The molecule has 0 radical (unpaired) electrons. The van der Waals surface area contributed by atoms with Gasteiger partial charge in [0.05, 0.1) is 4.70 Å². The van der Waals surface area contributed by atoms with E-state index in [1.165, 1.54) is 11.3 Å². The van der Waals surface area contributed by atoms with Crippen molar-refractivity contribution in [2.45, 2.75) is 4.90 Å². The molecule has 0 unspecified atom stereocenters. The number of thiophene rings is 1. The topological polar surface area (TPSA) is 20.2 Å². The summed E-state index contributed by atoms with van der Waals surface area (Å²) in [5.41, 5.74) is 0. The number of fused-ring (bicyclic) bond motifs is 1. The van der Waals surface area contributed by atoms with Gasteiger partial charge >= 0.3 is 0 Å². The van der Waals surface area contributed by atoms with Crippen LogP contribution in [0.5, 0.6) is 5.75 Å². The van der Waals surface area contributed by atoms with Crippen molar-refractivity contribution in [3.05, 3.63) is 22.5 Å². The van der Waals surface area contributed by atoms with Crippen LogP contribution in [0.1, 0.15) is 0 Å². The number of halogens is 1. The van der Waals surface area contributed by atoms with Gasteiger partial charge in [-0.3, -0.25) is 0 Å². The molecule has 0 atom stereocenters. The molecule has 1 heterocycles. The Morgan fingerprint density at radius 2 is 2.17 bits per heavy atom. The number of rotatable bonds is 0. The third kappa shape index (κ3) is 1.18. The second kappa shape index (κ2) is 2.83. The van der Waals surface area contributed by atoms with Gasteiger partial charge < -0.3 is 5.11 Å². The number of aromatic hydroxyl groups is 1. The van der Waals surface area contributed by atoms with Gasteiger partial charge in [0.15, 0.2) is 0 Å². The molecule has 0 saturated carbocycles. The predicted molar refractivity (Wildman–Crippen MR) is 55.8 cm³/mol. The summed E-state index contributed by atoms with van der Waals surface area (Å²) in [7, 11) is 0. The highest BCUT2D eigenvalue weighted by molar-refractivity contribution is 7.80. The maximum Gasteiger partial charge on any atom is 0.134 e. The van der Waals surface area contributed by atoms with Gasteiger partial charge in [-0.2, -0.15) is 0 Å². The van der Waals surface area contributed by atoms with Crippen molar-refractivity contribution in [2.24, 2.45) is 0 Å². The quantitative estimate of drug-likeness (QED) is 0.646. The lowest BCUT2D eigenvalue weighted by Crippen LogP contribution is -1.68. The van der Waals surface area contributed by atoms with Crippen LogP contribution in [-0.4, -0.2) is 5.11 Å². The fourth-order valence-electron chi connectivity index (χ4n) is 1.07. The molecule has 0 aliphatic rings. The molecule has 2 rings (SSSR count). The lowest BCUT2D eigenvalue weighted by atomic mass is 10.2. The Labute approximate surface area is 84.0 Å². The Bertz CT molecular complexity index is 436. The average Bonchev–Trinajstić information content (AvgIpc) is 2.33. The molecular formula is C8H5ClOS2. The van der Waals surface area contributed by atoms with E-state index in [1.54, 1.807) is 17.5 Å². The third-order valence-corrected chi connectivity index (χ3v) is 3.34. The molecule has 1 aromatic carbocycles. The van der Waals surface area contributed by atoms with Crippen molar-refractivity contribution in [2.75, 3.05) is 0 Å². The Morgan fingerprint density at radius 3 is 2.92 bits per heavy atom. The van der Waals surface area contributed by atoms with Crippen molar-refractivity contribution >= 4 is 45.7 Å². The lowest BCUT2D eigenvalue weighted by Gasteiger charge is -1.96. The van der Waals surface area contributed by atoms with Gasteiger partial charge in [0.1, 0.15) is 5.75 Å². The van der Waals surface area contributed by atoms with Gasteiger partial charge in [-0.15, -0.1) is 24.0 Å². The van der Waals surface area contributed by atoms with Gasteiger partial charge in [0.2, 0.25) is 0 Å². The molecule has 0 amide bonds. The first-order valence-corrected chi connectivity index (χ1v) is 4.97. The lowest BCUT2D eigenvalue weighted by molar-refractivity contribution is 0.483. The molecule has 0 spiro atoms. The van der Waals surface area contributed by atoms with Gasteiger partial charge in [-0.05, 0) is 12.1 Å². The molecule has 12 heavy (non-hydrogen) atoms. The van der Waals surface area contributed by atoms with Crippen LogP contribution in [0.2, 0.25) is 5.02 Å². The van der Waals surface area contributed by atoms with Crippen LogP contribution in [0.4, 0.5) is 0 Å². The van der Waals surface area contributed by atoms with Crippen LogP contribution in [0.15, 0.2) is 22.4 Å². The van der Waals surface area contributed by atoms with Gasteiger partial charge in [-0.1, -0.05) is 11.6 Å². The summed E-state index contributed by atoms with van der Waals surface area (Å²) in [5, 5.41) is 12.4. The Balaban J connectivity index is 2.92. The number of hydrogen-bond donors (Lipinski definition) is 2. The standard InChI is InChI=1S/C8H5ClOS2/c9-4-1-5-6(10)3-12-8(5)7(11)2-4/h1-3,10-11H. The van der Waals surface area contributed by atoms with Crippen LogP contribution in [-0.2, 0) is 0 Å². The average molecular weight is 217 g/mol. The highest BCUT2D eigenvalue weighted by atomic mass is 35.5. The largest absolute Gasteiger partial charge is 0.506 e. The Kier molecular flexibility index (Phi) is 1.94. The van der Waals surface area contributed by atoms with Gasteiger partial charge in [0.25, 0.3) is 0 Å². The van der Waals surface area contributed by atoms with Crippen LogP contribution in [0.3, 0.4) is 0 Å². The minimum Gasteiger partial charge on any atom is -0.506 e. The monoisotopic (exact) mass is 216 g/mol. The summed E-state index contributed by atoms with van der Waals surface area (Å²) in [4.78, 5) is 0.808. The molecular weight excluding hydrogens is 212 g/mol. The van der Waals surface area contributed by atoms with Crippen molar-refractivity contribution in [1.82, 2.24) is 0 Å². The van der Waals surface area contributed by atoms with E-state index in [0.717, 1.165) is 15.0 Å². The van der Waals surface area contributed by atoms with E-state index >= 15 is 0 Å². The summed E-state index contributed by atoms with van der Waals surface area (Å²) in [5.74, 6) is 0.271. The van der Waals surface area contributed by atoms with E-state index in [-0.39, 0.29) is 5.75 Å². The van der Waals surface area contributed by atoms with Crippen LogP contribution in [0, 0.1) is 0 Å². The Morgan fingerprint density at radius 1 is 1.42 bits per heavy atom. The smallest absolute Gasteiger partial charge is 0.134 e. The fourth-order valence-corrected chi connectivity index (χ4v) is 2.61. The van der Waals surface area contributed by atoms with Crippen molar-refractivity contribution < 1.29 is 5.11 Å². The van der Waals surface area contributed by atoms with Crippen molar-refractivity contribution in [1.29, 1.82) is 0 Å². The van der Waals surface area contributed by atoms with Crippen LogP contribution < -0.4 is 0 Å². The zero-order valence-electron chi connectivity index (χ0n) is 5.91. The summed E-state index contributed by atoms with van der Waals surface area (Å²) in [6, 6.07) is 3.51. The highest BCUT2D eigenvalue weighted by Gasteiger charge is 2.06. The van der Waals surface area contributed by atoms with E-state index < -0.39 is 0 Å². The van der Waals surface area contributed by atoms with Crippen LogP contribution >= 0.6 is 35.6 Å². The molecule has 1 nitrogen and oxygen atoms in total. The molecule has 4 heteroatoms. The van der Waals surface area contributed by atoms with E-state index in [0.29, 0.717) is 5.02 Å². The molecule has 1 N–H and O–H groups in total. The molecule has 0 fully saturated rings. The SMILES string of the molecule is Oc1csc2c(S)cc(Cl)cc12. The summed E-state index contributed by atoms with van der Waals surface area (Å²) < 4.78 is 0.972. The molecule has 0 saturated heterocycles. The summed E-state index contributed by atoms with van der Waals surface area (Å²) in [6.45, 7) is 0. The molecule has 0 aliphatic carbocycles. The minimum atomic E-state index is 0.271. The van der Waals surface area contributed by atoms with Crippen molar-refractivity contribution in [3.63, 3.8) is 0 Å². The zero-order valence-corrected chi connectivity index (χ0v) is 8.38. The van der Waals surface area contributed by atoms with Gasteiger partial charge in [0, 0.05) is 20.7 Å². The number of hydrogen-bond acceptors (Lipinski definition) is 3. The maximum atomic E-state index is 9.38. The highest BCUT2D eigenvalue weighted by Crippen LogP contribution is 2.37. The number of benzene rings is 1. The second-order valence-corrected chi connectivity index (χ2v) is 4.22. The predicted octanol–water partition coefficient (Wildman–Crippen LogP) is 3.55. The molecule has 0 bridgehead atoms. The summed E-state index contributed by atoms with van der Waals surface area (Å²) >= 11 is 11.5. The Hall–Kier alpha value is -0.380. The van der Waals surface area contributed by atoms with Crippen molar-refractivity contribution in [3.8, 4) is 5.75 Å². The maximum absolute atomic E-state index is 9.38. The fraction of sp³-hybridized carbons (Fsp3) is 0. The first kappa shape index (κ1) is 8.23. The molecule has 62 valence electrons. The summed E-state index contributed by atoms with van der Waals surface area (Å²) in [6.07, 6.45) is 0. The number of thiol groups is 1. The zero-order chi connectivity index (χ0) is 8.72. The normalized spacial score (nSPS) is 10.8. The first-order chi connectivity index (χ1) is 5.68. The second-order valence-electron chi connectivity index (χ2n) is 2.42. The third-order valence-electron chi connectivity index (χ3n) is 1.60. The van der Waals surface area contributed by atoms with E-state index in [2.05, 4.69) is 12.6 Å². The van der Waals surface area contributed by atoms with Gasteiger partial charge in [-0.25, -0.2) is 0 Å². The van der Waals surface area contributed by atoms with E-state index in [4.69, 9.17) is 11.6 Å². The van der Waals surface area contributed by atoms with Crippen LogP contribution in [0.25, 0.3) is 10.1 Å². The molecule has 0 aliphatic heterocycles. The van der Waals surface area contributed by atoms with E-state index in [9.17, 15) is 5.11 Å². The first-order valence-electron chi connectivity index (χ1n) is 3.27. The molecule has 2 aromatic rings. The minimum absolute atomic E-state index is 0.271.